The molecule has 166 valence electrons. The van der Waals surface area contributed by atoms with E-state index >= 15 is 0 Å². The van der Waals surface area contributed by atoms with Gasteiger partial charge in [-0.05, 0) is 41.8 Å². The summed E-state index contributed by atoms with van der Waals surface area (Å²) in [5, 5.41) is 21.5. The minimum Gasteiger partial charge on any atom is -0.477 e. The summed E-state index contributed by atoms with van der Waals surface area (Å²) in [6.45, 7) is 3.99. The van der Waals surface area contributed by atoms with Gasteiger partial charge in [-0.2, -0.15) is 0 Å². The molecule has 5 rings (SSSR count). The van der Waals surface area contributed by atoms with Crippen LogP contribution in [0.4, 0.5) is 0 Å². The highest BCUT2D eigenvalue weighted by molar-refractivity contribution is 6.35. The maximum atomic E-state index is 12.4. The summed E-state index contributed by atoms with van der Waals surface area (Å²) in [5.74, 6) is -2.22. The van der Waals surface area contributed by atoms with Crippen LogP contribution >= 0.6 is 11.6 Å². The molecule has 0 aliphatic heterocycles. The molecule has 7 nitrogen and oxygen atoms in total. The van der Waals surface area contributed by atoms with Gasteiger partial charge in [0.15, 0.2) is 0 Å². The van der Waals surface area contributed by atoms with E-state index in [0.29, 0.717) is 38.3 Å². The molecule has 0 atom stereocenters. The van der Waals surface area contributed by atoms with Crippen LogP contribution in [0.15, 0.2) is 48.7 Å². The molecule has 0 radical (unpaired) electrons. The number of hydrogen-bond donors (Lipinski definition) is 5. The van der Waals surface area contributed by atoms with Gasteiger partial charge in [0.2, 0.25) is 0 Å². The molecular formula is C25H20ClN3O4. The third-order valence-corrected chi connectivity index (χ3v) is 6.24. The van der Waals surface area contributed by atoms with Gasteiger partial charge in [-0.25, -0.2) is 9.59 Å². The Hall–Kier alpha value is -3.97. The Morgan fingerprint density at radius 3 is 2.39 bits per heavy atom. The van der Waals surface area contributed by atoms with Crippen molar-refractivity contribution in [1.82, 2.24) is 15.0 Å². The molecule has 2 aromatic carbocycles. The Bertz CT molecular complexity index is 1570. The standard InChI is InChI=1S/C25H20ClN3O4/c1-11(2)19-21(20-13-8-9-27-16(13)7-6-15(20)26)23(25(32)33)29-22(19)12-4-3-5-17-14(12)10-18(28-17)24(30)31/h3-11,27-29H,1-2H3,(H,30,31)(H,32,33). The fourth-order valence-electron chi connectivity index (χ4n) is 4.57. The average Bonchev–Trinajstić information content (AvgIpc) is 3.49. The van der Waals surface area contributed by atoms with Crippen molar-refractivity contribution in [3.05, 3.63) is 70.6 Å². The topological polar surface area (TPSA) is 122 Å². The highest BCUT2D eigenvalue weighted by Gasteiger charge is 2.29. The van der Waals surface area contributed by atoms with Gasteiger partial charge in [0.05, 0.1) is 5.69 Å². The summed E-state index contributed by atoms with van der Waals surface area (Å²) < 4.78 is 0. The third kappa shape index (κ3) is 3.20. The third-order valence-electron chi connectivity index (χ3n) is 5.93. The van der Waals surface area contributed by atoms with Crippen LogP contribution in [0.3, 0.4) is 0 Å². The molecule has 0 unspecified atom stereocenters. The maximum absolute atomic E-state index is 12.4. The lowest BCUT2D eigenvalue weighted by molar-refractivity contribution is 0.0681. The van der Waals surface area contributed by atoms with Crippen molar-refractivity contribution < 1.29 is 19.8 Å². The molecule has 0 aliphatic carbocycles. The zero-order chi connectivity index (χ0) is 23.4. The lowest BCUT2D eigenvalue weighted by Crippen LogP contribution is -2.00. The highest BCUT2D eigenvalue weighted by Crippen LogP contribution is 2.46. The van der Waals surface area contributed by atoms with Crippen molar-refractivity contribution in [2.45, 2.75) is 19.8 Å². The first kappa shape index (κ1) is 20.9. The quantitative estimate of drug-likeness (QED) is 0.205. The first-order chi connectivity index (χ1) is 15.8. The summed E-state index contributed by atoms with van der Waals surface area (Å²) in [7, 11) is 0. The highest BCUT2D eigenvalue weighted by atomic mass is 35.5. The van der Waals surface area contributed by atoms with Crippen LogP contribution in [0.25, 0.3) is 44.2 Å². The summed E-state index contributed by atoms with van der Waals surface area (Å²) >= 11 is 6.65. The van der Waals surface area contributed by atoms with Crippen LogP contribution in [0.1, 0.15) is 46.3 Å². The molecule has 0 spiro atoms. The van der Waals surface area contributed by atoms with Gasteiger partial charge >= 0.3 is 11.9 Å². The van der Waals surface area contributed by atoms with Crippen LogP contribution in [0, 0.1) is 0 Å². The molecule has 0 fully saturated rings. The van der Waals surface area contributed by atoms with Gasteiger partial charge in [-0.3, -0.25) is 0 Å². The number of H-pyrrole nitrogens is 3. The number of fused-ring (bicyclic) bond motifs is 2. The number of aromatic carboxylic acids is 2. The first-order valence-electron chi connectivity index (χ1n) is 10.4. The lowest BCUT2D eigenvalue weighted by atomic mass is 9.89. The second-order valence-corrected chi connectivity index (χ2v) is 8.65. The van der Waals surface area contributed by atoms with E-state index in [-0.39, 0.29) is 17.3 Å². The molecule has 3 heterocycles. The molecule has 5 N–H and O–H groups in total. The molecule has 33 heavy (non-hydrogen) atoms. The normalized spacial score (nSPS) is 11.6. The number of aromatic nitrogens is 3. The smallest absolute Gasteiger partial charge is 0.352 e. The fraction of sp³-hybridized carbons (Fsp3) is 0.120. The molecule has 0 bridgehead atoms. The molecular weight excluding hydrogens is 442 g/mol. The first-order valence-corrected chi connectivity index (χ1v) is 10.8. The summed E-state index contributed by atoms with van der Waals surface area (Å²) in [4.78, 5) is 33.1. The SMILES string of the molecule is CC(C)c1c(-c2cccc3[nH]c(C(=O)O)cc23)[nH]c(C(=O)O)c1-c1c(Cl)ccc2[nH]ccc12. The number of carboxylic acid groups (broad SMARTS) is 2. The number of rotatable bonds is 5. The molecule has 3 aromatic heterocycles. The summed E-state index contributed by atoms with van der Waals surface area (Å²) in [5.41, 5.74) is 4.92. The van der Waals surface area contributed by atoms with Crippen LogP contribution in [0.2, 0.25) is 5.02 Å². The Morgan fingerprint density at radius 1 is 0.909 bits per heavy atom. The largest absolute Gasteiger partial charge is 0.477 e. The van der Waals surface area contributed by atoms with Crippen molar-refractivity contribution in [1.29, 1.82) is 0 Å². The van der Waals surface area contributed by atoms with Crippen molar-refractivity contribution in [3.8, 4) is 22.4 Å². The van der Waals surface area contributed by atoms with E-state index in [1.807, 2.05) is 38.1 Å². The zero-order valence-corrected chi connectivity index (χ0v) is 18.5. The Kier molecular flexibility index (Phi) is 4.79. The molecule has 8 heteroatoms. The van der Waals surface area contributed by atoms with Gasteiger partial charge in [-0.1, -0.05) is 37.6 Å². The average molecular weight is 462 g/mol. The van der Waals surface area contributed by atoms with E-state index < -0.39 is 11.9 Å². The molecule has 0 amide bonds. The van der Waals surface area contributed by atoms with Gasteiger partial charge in [0.1, 0.15) is 11.4 Å². The number of halogens is 1. The van der Waals surface area contributed by atoms with Crippen molar-refractivity contribution in [2.75, 3.05) is 0 Å². The van der Waals surface area contributed by atoms with Crippen molar-refractivity contribution in [3.63, 3.8) is 0 Å². The Labute approximate surface area is 193 Å². The van der Waals surface area contributed by atoms with Gasteiger partial charge in [-0.15, -0.1) is 0 Å². The number of aromatic amines is 3. The van der Waals surface area contributed by atoms with E-state index in [0.717, 1.165) is 16.5 Å². The maximum Gasteiger partial charge on any atom is 0.352 e. The second-order valence-electron chi connectivity index (χ2n) is 8.24. The van der Waals surface area contributed by atoms with E-state index in [9.17, 15) is 19.8 Å². The van der Waals surface area contributed by atoms with E-state index in [1.54, 1.807) is 24.4 Å². The monoisotopic (exact) mass is 461 g/mol. The van der Waals surface area contributed by atoms with Crippen LogP contribution in [-0.4, -0.2) is 37.1 Å². The number of nitrogens with one attached hydrogen (secondary N) is 3. The van der Waals surface area contributed by atoms with Gasteiger partial charge in [0.25, 0.3) is 0 Å². The molecule has 5 aromatic rings. The van der Waals surface area contributed by atoms with Crippen molar-refractivity contribution in [2.24, 2.45) is 0 Å². The van der Waals surface area contributed by atoms with E-state index in [1.165, 1.54) is 0 Å². The fourth-order valence-corrected chi connectivity index (χ4v) is 4.83. The van der Waals surface area contributed by atoms with E-state index in [2.05, 4.69) is 15.0 Å². The number of benzene rings is 2. The Morgan fingerprint density at radius 2 is 1.70 bits per heavy atom. The molecule has 0 aliphatic rings. The predicted octanol–water partition coefficient (Wildman–Crippen LogP) is 6.48. The molecule has 0 saturated heterocycles. The van der Waals surface area contributed by atoms with Crippen LogP contribution in [-0.2, 0) is 0 Å². The summed E-state index contributed by atoms with van der Waals surface area (Å²) in [6, 6.07) is 12.5. The van der Waals surface area contributed by atoms with Gasteiger partial charge < -0.3 is 25.2 Å². The zero-order valence-electron chi connectivity index (χ0n) is 17.8. The molecule has 0 saturated carbocycles. The number of carbonyl (C=O) groups is 2. The van der Waals surface area contributed by atoms with Gasteiger partial charge in [0, 0.05) is 49.7 Å². The second kappa shape index (κ2) is 7.56. The number of carboxylic acids is 2. The minimum absolute atomic E-state index is 0.0373. The summed E-state index contributed by atoms with van der Waals surface area (Å²) in [6.07, 6.45) is 1.79. The van der Waals surface area contributed by atoms with Crippen LogP contribution < -0.4 is 0 Å². The lowest BCUT2D eigenvalue weighted by Gasteiger charge is -2.14. The van der Waals surface area contributed by atoms with Crippen LogP contribution in [0.5, 0.6) is 0 Å². The predicted molar refractivity (Wildman–Crippen MR) is 128 cm³/mol. The Balaban J connectivity index is 1.90. The minimum atomic E-state index is -1.10. The number of hydrogen-bond acceptors (Lipinski definition) is 2. The van der Waals surface area contributed by atoms with Crippen molar-refractivity contribution >= 4 is 45.3 Å². The van der Waals surface area contributed by atoms with E-state index in [4.69, 9.17) is 11.6 Å².